The highest BCUT2D eigenvalue weighted by atomic mass is 16.2. The fraction of sp³-hybridized carbons (Fsp3) is 0. The van der Waals surface area contributed by atoms with E-state index in [2.05, 4.69) is 5.32 Å². The second-order valence-corrected chi connectivity index (χ2v) is 5.46. The summed E-state index contributed by atoms with van der Waals surface area (Å²) in [5.74, 6) is 0. The molecule has 4 nitrogen and oxygen atoms in total. The molecule has 3 rings (SSSR count). The first kappa shape index (κ1) is 16.3. The van der Waals surface area contributed by atoms with E-state index in [1.807, 2.05) is 78.9 Å². The summed E-state index contributed by atoms with van der Waals surface area (Å²) in [5, 5.41) is 2.82. The minimum absolute atomic E-state index is 0.247. The Morgan fingerprint density at radius 2 is 1.36 bits per heavy atom. The average molecular weight is 329 g/mol. The van der Waals surface area contributed by atoms with Gasteiger partial charge >= 0.3 is 6.03 Å². The van der Waals surface area contributed by atoms with Crippen LogP contribution >= 0.6 is 0 Å². The molecule has 0 heterocycles. The average Bonchev–Trinajstić information content (AvgIpc) is 2.65. The number of hydrogen-bond acceptors (Lipinski definition) is 2. The third-order valence-electron chi connectivity index (χ3n) is 3.65. The molecule has 3 N–H and O–H groups in total. The molecule has 0 aliphatic rings. The predicted molar refractivity (Wildman–Crippen MR) is 103 cm³/mol. The molecule has 0 bridgehead atoms. The zero-order valence-corrected chi connectivity index (χ0v) is 13.7. The van der Waals surface area contributed by atoms with Crippen LogP contribution in [0.4, 0.5) is 21.9 Å². The SMILES string of the molecule is Nc1ccc(N(C(=O)N/C=C/c2ccccc2)c2ccccc2)cc1. The lowest BCUT2D eigenvalue weighted by molar-refractivity contribution is 0.251. The quantitative estimate of drug-likeness (QED) is 0.676. The lowest BCUT2D eigenvalue weighted by Crippen LogP contribution is -2.33. The molecule has 0 atom stereocenters. The van der Waals surface area contributed by atoms with Gasteiger partial charge in [0, 0.05) is 11.9 Å². The molecule has 0 radical (unpaired) electrons. The van der Waals surface area contributed by atoms with Gasteiger partial charge in [0.05, 0.1) is 11.4 Å². The number of urea groups is 1. The zero-order valence-electron chi connectivity index (χ0n) is 13.7. The van der Waals surface area contributed by atoms with Gasteiger partial charge in [-0.05, 0) is 48.0 Å². The summed E-state index contributed by atoms with van der Waals surface area (Å²) in [6.45, 7) is 0. The monoisotopic (exact) mass is 329 g/mol. The molecule has 0 spiro atoms. The molecule has 0 aliphatic heterocycles. The molecule has 0 saturated heterocycles. The summed E-state index contributed by atoms with van der Waals surface area (Å²) in [6.07, 6.45) is 3.50. The van der Waals surface area contributed by atoms with E-state index < -0.39 is 0 Å². The molecule has 3 aromatic carbocycles. The Hall–Kier alpha value is -3.53. The summed E-state index contributed by atoms with van der Waals surface area (Å²) in [5.41, 5.74) is 8.94. The maximum absolute atomic E-state index is 12.8. The van der Waals surface area contributed by atoms with Gasteiger partial charge < -0.3 is 11.1 Å². The van der Waals surface area contributed by atoms with Crippen LogP contribution < -0.4 is 16.0 Å². The van der Waals surface area contributed by atoms with E-state index in [0.29, 0.717) is 5.69 Å². The molecule has 0 unspecified atom stereocenters. The highest BCUT2D eigenvalue weighted by Crippen LogP contribution is 2.26. The van der Waals surface area contributed by atoms with Crippen molar-refractivity contribution < 1.29 is 4.79 Å². The highest BCUT2D eigenvalue weighted by Gasteiger charge is 2.16. The molecule has 0 saturated carbocycles. The zero-order chi connectivity index (χ0) is 17.5. The van der Waals surface area contributed by atoms with Crippen molar-refractivity contribution in [2.75, 3.05) is 10.6 Å². The standard InChI is InChI=1S/C21H19N3O/c22-18-11-13-20(14-12-18)24(19-9-5-2-6-10-19)21(25)23-16-15-17-7-3-1-4-8-17/h1-16H,22H2,(H,23,25)/b16-15+. The van der Waals surface area contributed by atoms with E-state index in [1.165, 1.54) is 0 Å². The Bertz CT molecular complexity index is 843. The predicted octanol–water partition coefficient (Wildman–Crippen LogP) is 4.79. The van der Waals surface area contributed by atoms with E-state index >= 15 is 0 Å². The van der Waals surface area contributed by atoms with Crippen molar-refractivity contribution in [2.45, 2.75) is 0 Å². The lowest BCUT2D eigenvalue weighted by atomic mass is 10.2. The number of amides is 2. The van der Waals surface area contributed by atoms with Crippen LogP contribution in [0.25, 0.3) is 6.08 Å². The largest absolute Gasteiger partial charge is 0.399 e. The number of carbonyl (C=O) groups is 1. The summed E-state index contributed by atoms with van der Waals surface area (Å²) in [4.78, 5) is 14.4. The molecule has 2 amide bonds. The Kier molecular flexibility index (Phi) is 5.12. The van der Waals surface area contributed by atoms with Gasteiger partial charge in [-0.1, -0.05) is 48.5 Å². The maximum Gasteiger partial charge on any atom is 0.330 e. The van der Waals surface area contributed by atoms with E-state index in [0.717, 1.165) is 16.9 Å². The van der Waals surface area contributed by atoms with Gasteiger partial charge in [-0.3, -0.25) is 4.90 Å². The van der Waals surface area contributed by atoms with Crippen LogP contribution in [0.5, 0.6) is 0 Å². The van der Waals surface area contributed by atoms with Gasteiger partial charge in [0.25, 0.3) is 0 Å². The Balaban J connectivity index is 1.82. The highest BCUT2D eigenvalue weighted by molar-refractivity contribution is 6.00. The van der Waals surface area contributed by atoms with Crippen LogP contribution in [0.1, 0.15) is 5.56 Å². The third kappa shape index (κ3) is 4.26. The number of anilines is 3. The van der Waals surface area contributed by atoms with Crippen molar-refractivity contribution in [1.29, 1.82) is 0 Å². The van der Waals surface area contributed by atoms with Crippen LogP contribution in [0.15, 0.2) is 91.1 Å². The van der Waals surface area contributed by atoms with E-state index in [1.54, 1.807) is 23.2 Å². The van der Waals surface area contributed by atoms with E-state index in [-0.39, 0.29) is 6.03 Å². The fourth-order valence-corrected chi connectivity index (χ4v) is 2.42. The molecule has 0 fully saturated rings. The summed E-state index contributed by atoms with van der Waals surface area (Å²) >= 11 is 0. The molecule has 124 valence electrons. The van der Waals surface area contributed by atoms with Crippen LogP contribution in [0, 0.1) is 0 Å². The third-order valence-corrected chi connectivity index (χ3v) is 3.65. The Morgan fingerprint density at radius 3 is 2.00 bits per heavy atom. The molecular formula is C21H19N3O. The normalized spacial score (nSPS) is 10.6. The summed E-state index contributed by atoms with van der Waals surface area (Å²) in [7, 11) is 0. The van der Waals surface area contributed by atoms with E-state index in [4.69, 9.17) is 5.73 Å². The first-order valence-corrected chi connectivity index (χ1v) is 7.97. The minimum Gasteiger partial charge on any atom is -0.399 e. The maximum atomic E-state index is 12.8. The van der Waals surface area contributed by atoms with E-state index in [9.17, 15) is 4.79 Å². The van der Waals surface area contributed by atoms with Crippen molar-refractivity contribution in [3.8, 4) is 0 Å². The number of benzene rings is 3. The molecule has 0 aliphatic carbocycles. The minimum atomic E-state index is -0.247. The number of nitrogen functional groups attached to an aromatic ring is 1. The number of rotatable bonds is 4. The number of nitrogens with two attached hydrogens (primary N) is 1. The topological polar surface area (TPSA) is 58.4 Å². The second-order valence-electron chi connectivity index (χ2n) is 5.46. The van der Waals surface area contributed by atoms with Crippen LogP contribution in [-0.4, -0.2) is 6.03 Å². The number of nitrogens with zero attached hydrogens (tertiary/aromatic N) is 1. The first-order valence-electron chi connectivity index (χ1n) is 7.97. The van der Waals surface area contributed by atoms with Crippen LogP contribution in [-0.2, 0) is 0 Å². The van der Waals surface area contributed by atoms with Crippen molar-refractivity contribution >= 4 is 29.2 Å². The molecular weight excluding hydrogens is 310 g/mol. The summed E-state index contributed by atoms with van der Waals surface area (Å²) in [6, 6.07) is 26.2. The Labute approximate surface area is 147 Å². The number of para-hydroxylation sites is 1. The smallest absolute Gasteiger partial charge is 0.330 e. The molecule has 25 heavy (non-hydrogen) atoms. The number of carbonyl (C=O) groups excluding carboxylic acids is 1. The van der Waals surface area contributed by atoms with Crippen LogP contribution in [0.2, 0.25) is 0 Å². The van der Waals surface area contributed by atoms with Crippen molar-refractivity contribution in [3.63, 3.8) is 0 Å². The Morgan fingerprint density at radius 1 is 0.800 bits per heavy atom. The molecule has 3 aromatic rings. The lowest BCUT2D eigenvalue weighted by Gasteiger charge is -2.22. The summed E-state index contributed by atoms with van der Waals surface area (Å²) < 4.78 is 0. The fourth-order valence-electron chi connectivity index (χ4n) is 2.42. The van der Waals surface area contributed by atoms with Gasteiger partial charge in [0.1, 0.15) is 0 Å². The van der Waals surface area contributed by atoms with Gasteiger partial charge in [-0.15, -0.1) is 0 Å². The first-order chi connectivity index (χ1) is 12.2. The molecule has 4 heteroatoms. The number of nitrogens with one attached hydrogen (secondary N) is 1. The van der Waals surface area contributed by atoms with Gasteiger partial charge in [-0.2, -0.15) is 0 Å². The van der Waals surface area contributed by atoms with Crippen molar-refractivity contribution in [1.82, 2.24) is 5.32 Å². The van der Waals surface area contributed by atoms with Crippen molar-refractivity contribution in [3.05, 3.63) is 96.7 Å². The second kappa shape index (κ2) is 7.84. The van der Waals surface area contributed by atoms with Gasteiger partial charge in [-0.25, -0.2) is 4.79 Å². The number of hydrogen-bond donors (Lipinski definition) is 2. The van der Waals surface area contributed by atoms with Crippen LogP contribution in [0.3, 0.4) is 0 Å². The molecule has 0 aromatic heterocycles. The van der Waals surface area contributed by atoms with Gasteiger partial charge in [0.15, 0.2) is 0 Å². The van der Waals surface area contributed by atoms with Gasteiger partial charge in [0.2, 0.25) is 0 Å². The van der Waals surface area contributed by atoms with Crippen molar-refractivity contribution in [2.24, 2.45) is 0 Å².